The van der Waals surface area contributed by atoms with Gasteiger partial charge in [0, 0.05) is 28.6 Å². The van der Waals surface area contributed by atoms with E-state index in [9.17, 15) is 0 Å². The number of thiazole rings is 1. The number of rotatable bonds is 3. The molecule has 16 heavy (non-hydrogen) atoms. The zero-order valence-corrected chi connectivity index (χ0v) is 11.6. The van der Waals surface area contributed by atoms with Gasteiger partial charge in [-0.05, 0) is 26.2 Å². The molecule has 1 aromatic heterocycles. The molecule has 2 rings (SSSR count). The number of nitrogens with one attached hydrogen (secondary N) is 1. The third-order valence-corrected chi connectivity index (χ3v) is 4.76. The van der Waals surface area contributed by atoms with Crippen LogP contribution >= 0.6 is 11.3 Å². The predicted octanol–water partition coefficient (Wildman–Crippen LogP) is 3.47. The van der Waals surface area contributed by atoms with E-state index in [4.69, 9.17) is 0 Å². The summed E-state index contributed by atoms with van der Waals surface area (Å²) in [7, 11) is 0. The molecule has 2 nitrogen and oxygen atoms in total. The van der Waals surface area contributed by atoms with Crippen molar-refractivity contribution in [3.63, 3.8) is 0 Å². The molecule has 0 saturated heterocycles. The summed E-state index contributed by atoms with van der Waals surface area (Å²) in [6, 6.07) is 0. The molecule has 1 heterocycles. The van der Waals surface area contributed by atoms with Crippen LogP contribution in [0.4, 0.5) is 0 Å². The summed E-state index contributed by atoms with van der Waals surface area (Å²) in [5.41, 5.74) is 0.579. The fourth-order valence-corrected chi connectivity index (χ4v) is 2.83. The molecule has 0 aliphatic heterocycles. The molecule has 1 aromatic rings. The Labute approximate surface area is 102 Å². The largest absolute Gasteiger partial charge is 0.307 e. The minimum absolute atomic E-state index is 0.184. The summed E-state index contributed by atoms with van der Waals surface area (Å²) in [5, 5.41) is 4.89. The molecule has 0 unspecified atom stereocenters. The highest BCUT2D eigenvalue weighted by Crippen LogP contribution is 2.32. The Kier molecular flexibility index (Phi) is 3.10. The van der Waals surface area contributed by atoms with Gasteiger partial charge in [-0.25, -0.2) is 4.98 Å². The lowest BCUT2D eigenvalue weighted by atomic mass is 9.78. The van der Waals surface area contributed by atoms with E-state index in [2.05, 4.69) is 38.0 Å². The van der Waals surface area contributed by atoms with E-state index in [1.165, 1.54) is 29.1 Å². The molecule has 90 valence electrons. The van der Waals surface area contributed by atoms with E-state index in [0.717, 1.165) is 6.54 Å². The standard InChI is InChI=1S/C13H22N2S/c1-12(2,3)11-14-8-10(16-11)9-15-13(4)6-5-7-13/h8,15H,5-7,9H2,1-4H3. The molecule has 1 aliphatic carbocycles. The van der Waals surface area contributed by atoms with Crippen LogP contribution in [0.1, 0.15) is 56.8 Å². The summed E-state index contributed by atoms with van der Waals surface area (Å²) in [6.45, 7) is 9.95. The van der Waals surface area contributed by atoms with Crippen molar-refractivity contribution >= 4 is 11.3 Å². The van der Waals surface area contributed by atoms with E-state index < -0.39 is 0 Å². The Bertz CT molecular complexity index is 358. The van der Waals surface area contributed by atoms with Crippen LogP contribution in [0.15, 0.2) is 6.20 Å². The lowest BCUT2D eigenvalue weighted by Crippen LogP contribution is -2.47. The minimum Gasteiger partial charge on any atom is -0.307 e. The van der Waals surface area contributed by atoms with Gasteiger partial charge >= 0.3 is 0 Å². The van der Waals surface area contributed by atoms with Crippen molar-refractivity contribution < 1.29 is 0 Å². The number of nitrogens with zero attached hydrogens (tertiary/aromatic N) is 1. The maximum Gasteiger partial charge on any atom is 0.0981 e. The summed E-state index contributed by atoms with van der Waals surface area (Å²) in [5.74, 6) is 0. The first-order chi connectivity index (χ1) is 7.39. The smallest absolute Gasteiger partial charge is 0.0981 e. The van der Waals surface area contributed by atoms with Gasteiger partial charge < -0.3 is 5.32 Å². The Morgan fingerprint density at radius 3 is 2.56 bits per heavy atom. The maximum atomic E-state index is 4.51. The van der Waals surface area contributed by atoms with Gasteiger partial charge in [-0.3, -0.25) is 0 Å². The Balaban J connectivity index is 1.93. The summed E-state index contributed by atoms with van der Waals surface area (Å²) < 4.78 is 0. The van der Waals surface area contributed by atoms with Crippen LogP contribution < -0.4 is 5.32 Å². The molecule has 0 spiro atoms. The predicted molar refractivity (Wildman–Crippen MR) is 69.9 cm³/mol. The summed E-state index contributed by atoms with van der Waals surface area (Å²) in [4.78, 5) is 5.87. The van der Waals surface area contributed by atoms with E-state index in [1.54, 1.807) is 0 Å². The first-order valence-electron chi connectivity index (χ1n) is 6.09. The zero-order chi connectivity index (χ0) is 11.8. The van der Waals surface area contributed by atoms with E-state index >= 15 is 0 Å². The Hall–Kier alpha value is -0.410. The fourth-order valence-electron chi connectivity index (χ4n) is 1.92. The van der Waals surface area contributed by atoms with Crippen LogP contribution in [0.2, 0.25) is 0 Å². The summed E-state index contributed by atoms with van der Waals surface area (Å²) in [6.07, 6.45) is 6.04. The van der Waals surface area contributed by atoms with Crippen LogP contribution in [-0.4, -0.2) is 10.5 Å². The monoisotopic (exact) mass is 238 g/mol. The van der Waals surface area contributed by atoms with Crippen molar-refractivity contribution in [2.75, 3.05) is 0 Å². The maximum absolute atomic E-state index is 4.51. The van der Waals surface area contributed by atoms with Crippen molar-refractivity contribution in [3.8, 4) is 0 Å². The van der Waals surface area contributed by atoms with Gasteiger partial charge in [-0.1, -0.05) is 20.8 Å². The lowest BCUT2D eigenvalue weighted by Gasteiger charge is -2.39. The first-order valence-corrected chi connectivity index (χ1v) is 6.91. The van der Waals surface area contributed by atoms with Gasteiger partial charge in [0.05, 0.1) is 5.01 Å². The van der Waals surface area contributed by atoms with E-state index in [0.29, 0.717) is 5.54 Å². The molecule has 0 bridgehead atoms. The van der Waals surface area contributed by atoms with Crippen molar-refractivity contribution in [2.24, 2.45) is 0 Å². The lowest BCUT2D eigenvalue weighted by molar-refractivity contribution is 0.207. The Morgan fingerprint density at radius 1 is 1.44 bits per heavy atom. The highest BCUT2D eigenvalue weighted by Gasteiger charge is 2.31. The van der Waals surface area contributed by atoms with Crippen LogP contribution in [0.5, 0.6) is 0 Å². The van der Waals surface area contributed by atoms with E-state index in [-0.39, 0.29) is 5.41 Å². The molecular formula is C13H22N2S. The molecule has 0 aromatic carbocycles. The molecule has 3 heteroatoms. The van der Waals surface area contributed by atoms with Crippen molar-refractivity contribution in [1.29, 1.82) is 0 Å². The van der Waals surface area contributed by atoms with Crippen molar-refractivity contribution in [1.82, 2.24) is 10.3 Å². The topological polar surface area (TPSA) is 24.9 Å². The van der Waals surface area contributed by atoms with Crippen LogP contribution in [0.25, 0.3) is 0 Å². The van der Waals surface area contributed by atoms with Crippen LogP contribution in [-0.2, 0) is 12.0 Å². The van der Waals surface area contributed by atoms with Crippen molar-refractivity contribution in [3.05, 3.63) is 16.1 Å². The third-order valence-electron chi connectivity index (χ3n) is 3.34. The molecular weight excluding hydrogens is 216 g/mol. The molecule has 1 N–H and O–H groups in total. The highest BCUT2D eigenvalue weighted by atomic mass is 32.1. The van der Waals surface area contributed by atoms with Gasteiger partial charge in [0.1, 0.15) is 0 Å². The SMILES string of the molecule is CC1(NCc2cnc(C(C)(C)C)s2)CCC1. The Morgan fingerprint density at radius 2 is 2.12 bits per heavy atom. The number of hydrogen-bond acceptors (Lipinski definition) is 3. The van der Waals surface area contributed by atoms with Gasteiger partial charge in [0.15, 0.2) is 0 Å². The van der Waals surface area contributed by atoms with Crippen LogP contribution in [0.3, 0.4) is 0 Å². The molecule has 1 saturated carbocycles. The van der Waals surface area contributed by atoms with Gasteiger partial charge in [-0.15, -0.1) is 11.3 Å². The second kappa shape index (κ2) is 4.11. The van der Waals surface area contributed by atoms with Crippen LogP contribution in [0, 0.1) is 0 Å². The van der Waals surface area contributed by atoms with Gasteiger partial charge in [0.25, 0.3) is 0 Å². The van der Waals surface area contributed by atoms with Crippen molar-refractivity contribution in [2.45, 2.75) is 64.5 Å². The molecule has 1 aliphatic rings. The molecule has 0 amide bonds. The molecule has 0 atom stereocenters. The van der Waals surface area contributed by atoms with Gasteiger partial charge in [0.2, 0.25) is 0 Å². The first kappa shape index (κ1) is 12.1. The summed E-state index contributed by atoms with van der Waals surface area (Å²) >= 11 is 1.84. The average molecular weight is 238 g/mol. The highest BCUT2D eigenvalue weighted by molar-refractivity contribution is 7.11. The van der Waals surface area contributed by atoms with E-state index in [1.807, 2.05) is 17.5 Å². The fraction of sp³-hybridized carbons (Fsp3) is 0.769. The second-order valence-corrected chi connectivity index (χ2v) is 7.26. The third kappa shape index (κ3) is 2.64. The normalized spacial score (nSPS) is 19.5. The molecule has 0 radical (unpaired) electrons. The second-order valence-electron chi connectivity index (χ2n) is 6.15. The zero-order valence-electron chi connectivity index (χ0n) is 10.8. The quantitative estimate of drug-likeness (QED) is 0.872. The number of aromatic nitrogens is 1. The average Bonchev–Trinajstić information content (AvgIpc) is 2.59. The minimum atomic E-state index is 0.184. The number of hydrogen-bond donors (Lipinski definition) is 1. The molecule has 1 fully saturated rings. The van der Waals surface area contributed by atoms with Gasteiger partial charge in [-0.2, -0.15) is 0 Å².